The van der Waals surface area contributed by atoms with Crippen LogP contribution in [0.3, 0.4) is 0 Å². The van der Waals surface area contributed by atoms with Crippen molar-refractivity contribution in [3.05, 3.63) is 30.3 Å². The van der Waals surface area contributed by atoms with E-state index in [1.807, 2.05) is 27.9 Å². The first kappa shape index (κ1) is 19.2. The molecule has 2 fully saturated rings. The van der Waals surface area contributed by atoms with Crippen LogP contribution in [0, 0.1) is 0 Å². The molecule has 2 aromatic heterocycles. The molecule has 8 nitrogen and oxygen atoms in total. The van der Waals surface area contributed by atoms with Gasteiger partial charge in [0.15, 0.2) is 0 Å². The van der Waals surface area contributed by atoms with Crippen LogP contribution in [0.1, 0.15) is 57.4 Å². The number of ether oxygens (including phenoxy) is 1. The highest BCUT2D eigenvalue weighted by molar-refractivity contribution is 5.88. The fourth-order valence-electron chi connectivity index (χ4n) is 4.34. The molecule has 30 heavy (non-hydrogen) atoms. The Balaban J connectivity index is 1.30. The molecule has 1 aliphatic carbocycles. The Morgan fingerprint density at radius 2 is 2.03 bits per heavy atom. The normalized spacial score (nSPS) is 19.0. The van der Waals surface area contributed by atoms with Crippen LogP contribution >= 0.6 is 0 Å². The number of rotatable bonds is 5. The highest BCUT2D eigenvalue weighted by Gasteiger charge is 2.52. The second-order valence-electron chi connectivity index (χ2n) is 8.68. The van der Waals surface area contributed by atoms with Gasteiger partial charge in [-0.05, 0) is 45.6 Å². The van der Waals surface area contributed by atoms with Crippen molar-refractivity contribution < 1.29 is 14.1 Å². The van der Waals surface area contributed by atoms with Crippen LogP contribution in [0.4, 0.5) is 0 Å². The Morgan fingerprint density at radius 1 is 1.27 bits per heavy atom. The fraction of sp³-hybridized carbons (Fsp3) is 0.545. The molecule has 0 bridgehead atoms. The van der Waals surface area contributed by atoms with Gasteiger partial charge in [0, 0.05) is 43.1 Å². The van der Waals surface area contributed by atoms with E-state index in [0.717, 1.165) is 42.1 Å². The van der Waals surface area contributed by atoms with E-state index in [1.54, 1.807) is 7.11 Å². The summed E-state index contributed by atoms with van der Waals surface area (Å²) in [6, 6.07) is 6.39. The van der Waals surface area contributed by atoms with Crippen LogP contribution in [0.15, 0.2) is 28.9 Å². The summed E-state index contributed by atoms with van der Waals surface area (Å²) >= 11 is 0. The van der Waals surface area contributed by atoms with E-state index < -0.39 is 5.60 Å². The summed E-state index contributed by atoms with van der Waals surface area (Å²) in [7, 11) is 1.63. The number of aromatic nitrogens is 4. The van der Waals surface area contributed by atoms with Gasteiger partial charge < -0.3 is 14.2 Å². The van der Waals surface area contributed by atoms with Crippen molar-refractivity contribution in [1.82, 2.24) is 24.8 Å². The van der Waals surface area contributed by atoms with Gasteiger partial charge in [0.1, 0.15) is 5.60 Å². The summed E-state index contributed by atoms with van der Waals surface area (Å²) in [6.45, 7) is 5.62. The van der Waals surface area contributed by atoms with E-state index in [-0.39, 0.29) is 17.9 Å². The number of amides is 1. The highest BCUT2D eigenvalue weighted by atomic mass is 16.5. The van der Waals surface area contributed by atoms with Gasteiger partial charge in [0.2, 0.25) is 11.7 Å². The summed E-state index contributed by atoms with van der Waals surface area (Å²) in [6.07, 6.45) is 5.19. The van der Waals surface area contributed by atoms with Crippen molar-refractivity contribution in [2.45, 2.75) is 57.1 Å². The minimum atomic E-state index is -0.550. The maximum absolute atomic E-state index is 12.6. The molecule has 3 heterocycles. The molecule has 0 atom stereocenters. The zero-order valence-electron chi connectivity index (χ0n) is 17.7. The molecule has 5 rings (SSSR count). The number of likely N-dealkylation sites (tertiary alicyclic amines) is 1. The maximum atomic E-state index is 12.6. The maximum Gasteiger partial charge on any atom is 0.254 e. The van der Waals surface area contributed by atoms with Crippen molar-refractivity contribution in [3.8, 4) is 11.4 Å². The zero-order valence-corrected chi connectivity index (χ0v) is 17.7. The molecular formula is C22H27N5O3. The van der Waals surface area contributed by atoms with Gasteiger partial charge in [-0.25, -0.2) is 0 Å². The van der Waals surface area contributed by atoms with Gasteiger partial charge >= 0.3 is 0 Å². The van der Waals surface area contributed by atoms with E-state index in [2.05, 4.69) is 35.2 Å². The van der Waals surface area contributed by atoms with Crippen LogP contribution in [0.25, 0.3) is 22.3 Å². The lowest BCUT2D eigenvalue weighted by atomic mass is 9.96. The summed E-state index contributed by atoms with van der Waals surface area (Å²) in [5.74, 6) is 1.56. The number of nitrogens with zero attached hydrogens (tertiary/aromatic N) is 5. The van der Waals surface area contributed by atoms with Crippen LogP contribution in [0.5, 0.6) is 0 Å². The molecule has 0 spiro atoms. The predicted octanol–water partition coefficient (Wildman–Crippen LogP) is 3.55. The largest absolute Gasteiger partial charge is 0.368 e. The number of carbonyl (C=O) groups is 1. The number of methoxy groups -OCH3 is 1. The molecular weight excluding hydrogens is 382 g/mol. The second-order valence-corrected chi connectivity index (χ2v) is 8.68. The Morgan fingerprint density at radius 3 is 2.70 bits per heavy atom. The average molecular weight is 409 g/mol. The first-order valence-electron chi connectivity index (χ1n) is 10.7. The fourth-order valence-corrected chi connectivity index (χ4v) is 4.34. The van der Waals surface area contributed by atoms with Gasteiger partial charge in [0.05, 0.1) is 11.7 Å². The Hall–Kier alpha value is -2.74. The second kappa shape index (κ2) is 7.19. The molecule has 1 aromatic carbocycles. The van der Waals surface area contributed by atoms with E-state index >= 15 is 0 Å². The first-order valence-corrected chi connectivity index (χ1v) is 10.7. The van der Waals surface area contributed by atoms with Gasteiger partial charge in [-0.2, -0.15) is 10.1 Å². The molecule has 1 saturated carbocycles. The third kappa shape index (κ3) is 3.19. The molecule has 158 valence electrons. The molecule has 1 amide bonds. The van der Waals surface area contributed by atoms with Crippen LogP contribution in [-0.2, 0) is 9.53 Å². The predicted molar refractivity (Wildman–Crippen MR) is 111 cm³/mol. The van der Waals surface area contributed by atoms with Crippen LogP contribution in [-0.4, -0.2) is 56.5 Å². The summed E-state index contributed by atoms with van der Waals surface area (Å²) in [4.78, 5) is 19.3. The van der Waals surface area contributed by atoms with Crippen molar-refractivity contribution >= 4 is 16.8 Å². The SMILES string of the molecule is COC1(C(=O)N2CCC(c3nc(-c4ccc5cnn(C(C)C)c5c4)no3)CC2)CC1. The molecule has 0 radical (unpaired) electrons. The lowest BCUT2D eigenvalue weighted by Gasteiger charge is -2.32. The number of fused-ring (bicyclic) bond motifs is 1. The lowest BCUT2D eigenvalue weighted by molar-refractivity contribution is -0.145. The van der Waals surface area contributed by atoms with Gasteiger partial charge in [-0.3, -0.25) is 9.48 Å². The molecule has 0 N–H and O–H groups in total. The van der Waals surface area contributed by atoms with Crippen LogP contribution < -0.4 is 0 Å². The van der Waals surface area contributed by atoms with Crippen molar-refractivity contribution in [1.29, 1.82) is 0 Å². The van der Waals surface area contributed by atoms with Crippen molar-refractivity contribution in [2.75, 3.05) is 20.2 Å². The Labute approximate surface area is 175 Å². The Bertz CT molecular complexity index is 1070. The topological polar surface area (TPSA) is 86.3 Å². The standard InChI is InChI=1S/C22H27N5O3/c1-14(2)27-18-12-16(4-5-17(18)13-23-27)19-24-20(30-25-19)15-6-10-26(11-7-15)21(28)22(29-3)8-9-22/h4-5,12-15H,6-11H2,1-3H3. The van der Waals surface area contributed by atoms with E-state index in [1.165, 1.54) is 0 Å². The number of benzene rings is 1. The average Bonchev–Trinajstić information content (AvgIpc) is 3.21. The van der Waals surface area contributed by atoms with E-state index in [4.69, 9.17) is 9.26 Å². The van der Waals surface area contributed by atoms with E-state index in [0.29, 0.717) is 24.8 Å². The molecule has 3 aromatic rings. The van der Waals surface area contributed by atoms with Gasteiger partial charge in [0.25, 0.3) is 5.91 Å². The Kier molecular flexibility index (Phi) is 4.61. The third-order valence-corrected chi connectivity index (χ3v) is 6.40. The summed E-state index contributed by atoms with van der Waals surface area (Å²) in [5, 5.41) is 9.79. The number of carbonyl (C=O) groups excluding carboxylic acids is 1. The quantitative estimate of drug-likeness (QED) is 0.641. The molecule has 8 heteroatoms. The molecule has 1 saturated heterocycles. The number of hydrogen-bond acceptors (Lipinski definition) is 6. The first-order chi connectivity index (χ1) is 14.5. The zero-order chi connectivity index (χ0) is 20.9. The van der Waals surface area contributed by atoms with Gasteiger partial charge in [-0.1, -0.05) is 17.3 Å². The summed E-state index contributed by atoms with van der Waals surface area (Å²) < 4.78 is 13.1. The minimum Gasteiger partial charge on any atom is -0.368 e. The van der Waals surface area contributed by atoms with Gasteiger partial charge in [-0.15, -0.1) is 0 Å². The molecule has 1 aliphatic heterocycles. The van der Waals surface area contributed by atoms with Crippen molar-refractivity contribution in [3.63, 3.8) is 0 Å². The molecule has 0 unspecified atom stereocenters. The smallest absolute Gasteiger partial charge is 0.254 e. The molecule has 2 aliphatic rings. The number of hydrogen-bond donors (Lipinski definition) is 0. The lowest BCUT2D eigenvalue weighted by Crippen LogP contribution is -2.45. The third-order valence-electron chi connectivity index (χ3n) is 6.40. The monoisotopic (exact) mass is 409 g/mol. The van der Waals surface area contributed by atoms with E-state index in [9.17, 15) is 4.79 Å². The van der Waals surface area contributed by atoms with Crippen LogP contribution in [0.2, 0.25) is 0 Å². The highest BCUT2D eigenvalue weighted by Crippen LogP contribution is 2.41. The van der Waals surface area contributed by atoms with Crippen molar-refractivity contribution in [2.24, 2.45) is 0 Å². The summed E-state index contributed by atoms with van der Waals surface area (Å²) in [5.41, 5.74) is 1.43. The minimum absolute atomic E-state index is 0.129. The number of piperidine rings is 1.